The van der Waals surface area contributed by atoms with Crippen LogP contribution in [-0.4, -0.2) is 19.3 Å². The van der Waals surface area contributed by atoms with E-state index in [2.05, 4.69) is 35.1 Å². The molecule has 1 aromatic carbocycles. The van der Waals surface area contributed by atoms with Gasteiger partial charge in [-0.3, -0.25) is 0 Å². The standard InChI is InChI=1S/C15H24BrNO2/c1-6-11(4)17-9-12-7-14(18-5)15(8-13(12)16)19-10(2)3/h7-8,10-11,17H,6,9H2,1-5H3. The fraction of sp³-hybridized carbons (Fsp3) is 0.600. The predicted molar refractivity (Wildman–Crippen MR) is 83.1 cm³/mol. The lowest BCUT2D eigenvalue weighted by molar-refractivity contribution is 0.230. The van der Waals surface area contributed by atoms with Gasteiger partial charge >= 0.3 is 0 Å². The van der Waals surface area contributed by atoms with Gasteiger partial charge in [-0.25, -0.2) is 0 Å². The van der Waals surface area contributed by atoms with Crippen LogP contribution in [0.4, 0.5) is 0 Å². The molecule has 0 saturated carbocycles. The van der Waals surface area contributed by atoms with Crippen molar-refractivity contribution < 1.29 is 9.47 Å². The van der Waals surface area contributed by atoms with Crippen molar-refractivity contribution in [3.8, 4) is 11.5 Å². The highest BCUT2D eigenvalue weighted by Gasteiger charge is 2.12. The average Bonchev–Trinajstić information content (AvgIpc) is 2.36. The second-order valence-electron chi connectivity index (χ2n) is 4.95. The number of hydrogen-bond donors (Lipinski definition) is 1. The van der Waals surface area contributed by atoms with Crippen LogP contribution in [0.3, 0.4) is 0 Å². The minimum atomic E-state index is 0.130. The summed E-state index contributed by atoms with van der Waals surface area (Å²) in [6, 6.07) is 4.51. The molecule has 0 aliphatic carbocycles. The summed E-state index contributed by atoms with van der Waals surface area (Å²) < 4.78 is 12.2. The highest BCUT2D eigenvalue weighted by Crippen LogP contribution is 2.34. The molecule has 0 radical (unpaired) electrons. The lowest BCUT2D eigenvalue weighted by Crippen LogP contribution is -2.24. The van der Waals surface area contributed by atoms with E-state index in [0.29, 0.717) is 6.04 Å². The van der Waals surface area contributed by atoms with Gasteiger partial charge in [0.2, 0.25) is 0 Å². The molecule has 0 heterocycles. The first-order chi connectivity index (χ1) is 8.97. The fourth-order valence-corrected chi connectivity index (χ4v) is 2.11. The Morgan fingerprint density at radius 1 is 1.21 bits per heavy atom. The molecule has 1 unspecified atom stereocenters. The molecule has 0 amide bonds. The van der Waals surface area contributed by atoms with E-state index in [1.54, 1.807) is 7.11 Å². The van der Waals surface area contributed by atoms with Crippen LogP contribution in [0.5, 0.6) is 11.5 Å². The SMILES string of the molecule is CCC(C)NCc1cc(OC)c(OC(C)C)cc1Br. The van der Waals surface area contributed by atoms with Crippen LogP contribution in [0.25, 0.3) is 0 Å². The molecule has 0 aromatic heterocycles. The van der Waals surface area contributed by atoms with E-state index in [-0.39, 0.29) is 6.10 Å². The lowest BCUT2D eigenvalue weighted by Gasteiger charge is -2.17. The zero-order chi connectivity index (χ0) is 14.4. The van der Waals surface area contributed by atoms with Gasteiger partial charge in [-0.2, -0.15) is 0 Å². The minimum Gasteiger partial charge on any atom is -0.493 e. The fourth-order valence-electron chi connectivity index (χ4n) is 1.65. The number of hydrogen-bond acceptors (Lipinski definition) is 3. The molecule has 3 nitrogen and oxygen atoms in total. The Morgan fingerprint density at radius 3 is 2.42 bits per heavy atom. The van der Waals surface area contributed by atoms with E-state index in [1.165, 1.54) is 5.56 Å². The smallest absolute Gasteiger partial charge is 0.162 e. The van der Waals surface area contributed by atoms with Crippen molar-refractivity contribution in [2.75, 3.05) is 7.11 Å². The second kappa shape index (κ2) is 7.75. The van der Waals surface area contributed by atoms with Crippen LogP contribution in [0.1, 0.15) is 39.7 Å². The average molecular weight is 330 g/mol. The van der Waals surface area contributed by atoms with Gasteiger partial charge in [0, 0.05) is 17.1 Å². The maximum Gasteiger partial charge on any atom is 0.162 e. The number of ether oxygens (including phenoxy) is 2. The van der Waals surface area contributed by atoms with Gasteiger partial charge in [-0.05, 0) is 44.9 Å². The van der Waals surface area contributed by atoms with Crippen LogP contribution >= 0.6 is 15.9 Å². The van der Waals surface area contributed by atoms with Crippen LogP contribution in [-0.2, 0) is 6.54 Å². The Labute approximate surface area is 124 Å². The molecule has 0 aliphatic rings. The summed E-state index contributed by atoms with van der Waals surface area (Å²) in [6.07, 6.45) is 1.24. The van der Waals surface area contributed by atoms with E-state index in [0.717, 1.165) is 28.9 Å². The topological polar surface area (TPSA) is 30.5 Å². The van der Waals surface area contributed by atoms with Gasteiger partial charge in [-0.1, -0.05) is 22.9 Å². The van der Waals surface area contributed by atoms with Gasteiger partial charge in [0.1, 0.15) is 0 Å². The summed E-state index contributed by atoms with van der Waals surface area (Å²) >= 11 is 3.60. The van der Waals surface area contributed by atoms with Crippen molar-refractivity contribution in [2.45, 2.75) is 52.8 Å². The molecule has 1 rings (SSSR count). The first-order valence-electron chi connectivity index (χ1n) is 6.74. The summed E-state index contributed by atoms with van der Waals surface area (Å²) in [6.45, 7) is 9.18. The van der Waals surface area contributed by atoms with Crippen LogP contribution in [0.15, 0.2) is 16.6 Å². The van der Waals surface area contributed by atoms with Crippen molar-refractivity contribution >= 4 is 15.9 Å². The lowest BCUT2D eigenvalue weighted by atomic mass is 10.1. The Bertz CT molecular complexity index is 407. The summed E-state index contributed by atoms with van der Waals surface area (Å²) in [5.74, 6) is 1.55. The molecule has 0 saturated heterocycles. The maximum atomic E-state index is 5.74. The van der Waals surface area contributed by atoms with E-state index in [4.69, 9.17) is 9.47 Å². The molecule has 0 bridgehead atoms. The summed E-state index contributed by atoms with van der Waals surface area (Å²) in [5.41, 5.74) is 1.17. The molecule has 108 valence electrons. The molecule has 0 aliphatic heterocycles. The number of methoxy groups -OCH3 is 1. The van der Waals surface area contributed by atoms with E-state index in [9.17, 15) is 0 Å². The Morgan fingerprint density at radius 2 is 1.89 bits per heavy atom. The Hall–Kier alpha value is -0.740. The van der Waals surface area contributed by atoms with Crippen molar-refractivity contribution in [3.63, 3.8) is 0 Å². The number of rotatable bonds is 7. The first-order valence-corrected chi connectivity index (χ1v) is 7.53. The normalized spacial score (nSPS) is 12.6. The van der Waals surface area contributed by atoms with Gasteiger partial charge in [0.25, 0.3) is 0 Å². The molecule has 1 atom stereocenters. The number of nitrogens with one attached hydrogen (secondary N) is 1. The third-order valence-electron chi connectivity index (χ3n) is 2.95. The van der Waals surface area contributed by atoms with Crippen molar-refractivity contribution in [1.82, 2.24) is 5.32 Å². The van der Waals surface area contributed by atoms with Crippen LogP contribution in [0.2, 0.25) is 0 Å². The van der Waals surface area contributed by atoms with Crippen molar-refractivity contribution in [2.24, 2.45) is 0 Å². The third-order valence-corrected chi connectivity index (χ3v) is 3.69. The van der Waals surface area contributed by atoms with Gasteiger partial charge in [0.15, 0.2) is 11.5 Å². The molecule has 19 heavy (non-hydrogen) atoms. The first kappa shape index (κ1) is 16.3. The Balaban J connectivity index is 2.89. The van der Waals surface area contributed by atoms with Crippen molar-refractivity contribution in [1.29, 1.82) is 0 Å². The third kappa shape index (κ3) is 5.03. The zero-order valence-electron chi connectivity index (χ0n) is 12.4. The van der Waals surface area contributed by atoms with Crippen LogP contribution in [0, 0.1) is 0 Å². The largest absolute Gasteiger partial charge is 0.493 e. The molecular weight excluding hydrogens is 306 g/mol. The molecule has 1 N–H and O–H groups in total. The predicted octanol–water partition coefficient (Wildman–Crippen LogP) is 4.13. The molecule has 4 heteroatoms. The second-order valence-corrected chi connectivity index (χ2v) is 5.81. The number of halogens is 1. The summed E-state index contributed by atoms with van der Waals surface area (Å²) in [7, 11) is 1.67. The van der Waals surface area contributed by atoms with E-state index >= 15 is 0 Å². The van der Waals surface area contributed by atoms with E-state index in [1.807, 2.05) is 26.0 Å². The van der Waals surface area contributed by atoms with Gasteiger partial charge in [0.05, 0.1) is 13.2 Å². The summed E-state index contributed by atoms with van der Waals surface area (Å²) in [5, 5.41) is 3.47. The van der Waals surface area contributed by atoms with Gasteiger partial charge < -0.3 is 14.8 Å². The highest BCUT2D eigenvalue weighted by molar-refractivity contribution is 9.10. The molecule has 1 aromatic rings. The highest BCUT2D eigenvalue weighted by atomic mass is 79.9. The van der Waals surface area contributed by atoms with E-state index < -0.39 is 0 Å². The minimum absolute atomic E-state index is 0.130. The molecular formula is C15H24BrNO2. The molecule has 0 fully saturated rings. The summed E-state index contributed by atoms with van der Waals surface area (Å²) in [4.78, 5) is 0. The van der Waals surface area contributed by atoms with Gasteiger partial charge in [-0.15, -0.1) is 0 Å². The zero-order valence-corrected chi connectivity index (χ0v) is 14.0. The monoisotopic (exact) mass is 329 g/mol. The molecule has 0 spiro atoms. The maximum absolute atomic E-state index is 5.74. The number of benzene rings is 1. The van der Waals surface area contributed by atoms with Crippen molar-refractivity contribution in [3.05, 3.63) is 22.2 Å². The van der Waals surface area contributed by atoms with Crippen LogP contribution < -0.4 is 14.8 Å². The Kier molecular flexibility index (Phi) is 6.66. The quantitative estimate of drug-likeness (QED) is 0.815.